The second-order valence-corrected chi connectivity index (χ2v) is 30.2. The molecule has 0 spiro atoms. The zero-order chi connectivity index (χ0) is 66.6. The first-order chi connectivity index (χ1) is 41.9. The van der Waals surface area contributed by atoms with Gasteiger partial charge in [0.2, 0.25) is 0 Å². The van der Waals surface area contributed by atoms with Gasteiger partial charge in [-0.2, -0.15) is 0 Å². The fourth-order valence-electron chi connectivity index (χ4n) is 11.9. The first-order valence-electron chi connectivity index (χ1n) is 32.9. The van der Waals surface area contributed by atoms with Crippen molar-refractivity contribution in [2.45, 2.75) is 223 Å². The predicted octanol–water partition coefficient (Wildman–Crippen LogP) is 26.0. The van der Waals surface area contributed by atoms with E-state index in [0.29, 0.717) is 17.8 Å². The smallest absolute Gasteiger partial charge is 0.134 e. The van der Waals surface area contributed by atoms with E-state index in [0.717, 1.165) is 87.3 Å². The van der Waals surface area contributed by atoms with Gasteiger partial charge in [-0.25, -0.2) is 0 Å². The van der Waals surface area contributed by atoms with Gasteiger partial charge in [-0.3, -0.25) is 0 Å². The Morgan fingerprint density at radius 1 is 0.289 bits per heavy atom. The topological polar surface area (TPSA) is 78.8 Å². The summed E-state index contributed by atoms with van der Waals surface area (Å²) in [6.07, 6.45) is 3.05. The summed E-state index contributed by atoms with van der Waals surface area (Å²) < 4.78 is 35.4. The molecule has 0 unspecified atom stereocenters. The summed E-state index contributed by atoms with van der Waals surface area (Å²) in [6, 6.07) is 38.3. The molecular formula is C84H108O6. The zero-order valence-electron chi connectivity index (χ0n) is 60.2. The molecule has 0 saturated carbocycles. The summed E-state index contributed by atoms with van der Waals surface area (Å²) in [4.78, 5) is 0. The van der Waals surface area contributed by atoms with Gasteiger partial charge < -0.3 is 26.5 Å². The highest BCUT2D eigenvalue weighted by atomic mass is 16.4. The van der Waals surface area contributed by atoms with Gasteiger partial charge in [0.1, 0.15) is 68.1 Å². The number of rotatable bonds is 6. The summed E-state index contributed by atoms with van der Waals surface area (Å²) >= 11 is 0. The SMILES string of the molecule is Cc1ccc2c(C)c(C(C)(C)C)oc2c1.Cc1ccc2c(C)c(CC(C)(C)C)oc2c1.Cc1ccc2c(C)c(CC(C)C)oc2c1.Cc1ccc2oc(C(C)(C)C)c(C)c2c1.Cc1ccc2oc(C(C)C)c(C)c2c1.Cc1ccc2oc(CC(C)C)c(C)c2c1. The number of fused-ring (bicyclic) bond motifs is 6. The van der Waals surface area contributed by atoms with Crippen molar-refractivity contribution in [3.05, 3.63) is 211 Å². The van der Waals surface area contributed by atoms with Crippen LogP contribution in [0.15, 0.2) is 136 Å². The average Bonchev–Trinajstić information content (AvgIpc) is 1.92. The fourth-order valence-corrected chi connectivity index (χ4v) is 11.9. The molecule has 0 aliphatic heterocycles. The molecule has 6 heteroatoms. The van der Waals surface area contributed by atoms with Crippen LogP contribution in [0.25, 0.3) is 65.8 Å². The van der Waals surface area contributed by atoms with E-state index < -0.39 is 0 Å². The van der Waals surface area contributed by atoms with E-state index in [2.05, 4.69) is 296 Å². The maximum Gasteiger partial charge on any atom is 0.134 e. The fraction of sp³-hybridized carbons (Fsp3) is 0.429. The van der Waals surface area contributed by atoms with Gasteiger partial charge in [0.05, 0.1) is 0 Å². The lowest BCUT2D eigenvalue weighted by atomic mass is 9.90. The summed E-state index contributed by atoms with van der Waals surface area (Å²) in [6.45, 7) is 58.6. The maximum absolute atomic E-state index is 5.96. The Balaban J connectivity index is 0.000000154. The molecule has 12 aromatic rings. The van der Waals surface area contributed by atoms with Crippen molar-refractivity contribution < 1.29 is 26.5 Å². The van der Waals surface area contributed by atoms with E-state index in [1.54, 1.807) is 0 Å². The van der Waals surface area contributed by atoms with Crippen molar-refractivity contribution in [3.8, 4) is 0 Å². The molecule has 6 aromatic carbocycles. The van der Waals surface area contributed by atoms with E-state index in [1.165, 1.54) is 99.1 Å². The minimum atomic E-state index is 0.0804. The summed E-state index contributed by atoms with van der Waals surface area (Å²) in [5, 5.41) is 7.53. The van der Waals surface area contributed by atoms with Gasteiger partial charge in [-0.1, -0.05) is 175 Å². The Hall–Kier alpha value is -7.44. The van der Waals surface area contributed by atoms with Crippen LogP contribution in [0.1, 0.15) is 211 Å². The third kappa shape index (κ3) is 17.3. The van der Waals surface area contributed by atoms with Gasteiger partial charge in [0.25, 0.3) is 0 Å². The number of benzene rings is 6. The largest absolute Gasteiger partial charge is 0.461 e. The molecule has 0 aliphatic carbocycles. The van der Waals surface area contributed by atoms with Crippen LogP contribution in [-0.4, -0.2) is 0 Å². The number of furan rings is 6. The molecule has 0 radical (unpaired) electrons. The maximum atomic E-state index is 5.96. The van der Waals surface area contributed by atoms with Gasteiger partial charge in [-0.15, -0.1) is 0 Å². The molecular weight excluding hydrogens is 1100 g/mol. The predicted molar refractivity (Wildman–Crippen MR) is 386 cm³/mol. The van der Waals surface area contributed by atoms with Gasteiger partial charge >= 0.3 is 0 Å². The van der Waals surface area contributed by atoms with Crippen LogP contribution in [0.2, 0.25) is 0 Å². The van der Waals surface area contributed by atoms with Crippen molar-refractivity contribution in [1.29, 1.82) is 0 Å². The molecule has 12 rings (SSSR count). The van der Waals surface area contributed by atoms with Crippen molar-refractivity contribution in [2.75, 3.05) is 0 Å². The van der Waals surface area contributed by atoms with Crippen molar-refractivity contribution in [2.24, 2.45) is 17.3 Å². The lowest BCUT2D eigenvalue weighted by molar-refractivity contribution is 0.369. The Morgan fingerprint density at radius 3 is 0.978 bits per heavy atom. The van der Waals surface area contributed by atoms with Crippen LogP contribution >= 0.6 is 0 Å². The molecule has 6 aromatic heterocycles. The third-order valence-corrected chi connectivity index (χ3v) is 16.7. The molecule has 6 nitrogen and oxygen atoms in total. The number of hydrogen-bond acceptors (Lipinski definition) is 6. The lowest BCUT2D eigenvalue weighted by Crippen LogP contribution is -2.10. The Morgan fingerprint density at radius 2 is 0.578 bits per heavy atom. The number of hydrogen-bond donors (Lipinski definition) is 0. The standard InChI is InChI=1S/C15H20O.4C14H18O.C13H16O/c1-10-6-7-12-11(2)14(9-15(3,4)5)16-13(12)8-10;1-9-6-7-12-11(8-9)10(2)13(15-12)14(3,4)5;1-9-6-7-11-10(2)13(14(3,4)5)15-12(11)8-9;1-9(2)7-14-11(4)12-8-10(3)5-6-13(12)15-14;1-9(2)7-13-11(4)12-6-5-10(3)8-14(12)15-13;1-8(2)13-10(4)11-7-9(3)5-6-12(11)14-13/h6-8H,9H2,1-5H3;2*6-8H,1-5H3;2*5-6,8-9H,7H2,1-4H3;5-8H,1-4H3. The average molecular weight is 1210 g/mol. The van der Waals surface area contributed by atoms with Crippen LogP contribution in [0.3, 0.4) is 0 Å². The zero-order valence-corrected chi connectivity index (χ0v) is 60.2. The molecule has 0 atom stereocenters. The van der Waals surface area contributed by atoms with Crippen molar-refractivity contribution in [1.82, 2.24) is 0 Å². The highest BCUT2D eigenvalue weighted by molar-refractivity contribution is 5.86. The van der Waals surface area contributed by atoms with E-state index in [9.17, 15) is 0 Å². The lowest BCUT2D eigenvalue weighted by Gasteiger charge is -2.16. The highest BCUT2D eigenvalue weighted by Gasteiger charge is 2.25. The van der Waals surface area contributed by atoms with Crippen molar-refractivity contribution in [3.63, 3.8) is 0 Å². The van der Waals surface area contributed by atoms with Gasteiger partial charge in [-0.05, 0) is 205 Å². The molecule has 0 fully saturated rings. The van der Waals surface area contributed by atoms with Crippen LogP contribution in [0.4, 0.5) is 0 Å². The monoisotopic (exact) mass is 1210 g/mol. The molecule has 0 saturated heterocycles. The van der Waals surface area contributed by atoms with E-state index in [4.69, 9.17) is 26.5 Å². The molecule has 0 N–H and O–H groups in total. The first kappa shape index (κ1) is 70.0. The van der Waals surface area contributed by atoms with Crippen LogP contribution in [-0.2, 0) is 30.1 Å². The van der Waals surface area contributed by atoms with E-state index >= 15 is 0 Å². The van der Waals surface area contributed by atoms with Crippen molar-refractivity contribution >= 4 is 65.8 Å². The van der Waals surface area contributed by atoms with Gasteiger partial charge in [0.15, 0.2) is 0 Å². The molecule has 90 heavy (non-hydrogen) atoms. The quantitative estimate of drug-likeness (QED) is 0.165. The van der Waals surface area contributed by atoms with E-state index in [-0.39, 0.29) is 16.2 Å². The number of aryl methyl sites for hydroxylation is 12. The van der Waals surface area contributed by atoms with E-state index in [1.807, 2.05) is 0 Å². The minimum absolute atomic E-state index is 0.0804. The summed E-state index contributed by atoms with van der Waals surface area (Å²) in [5.74, 6) is 8.49. The summed E-state index contributed by atoms with van der Waals surface area (Å²) in [7, 11) is 0. The van der Waals surface area contributed by atoms with Crippen LogP contribution in [0, 0.1) is 100 Å². The molecule has 0 amide bonds. The van der Waals surface area contributed by atoms with Gasteiger partial charge in [0, 0.05) is 68.3 Å². The minimum Gasteiger partial charge on any atom is -0.461 e. The Kier molecular flexibility index (Phi) is 22.1. The normalized spacial score (nSPS) is 11.9. The second-order valence-electron chi connectivity index (χ2n) is 30.2. The Bertz CT molecular complexity index is 4360. The molecule has 6 heterocycles. The molecule has 0 bridgehead atoms. The Labute approximate surface area is 540 Å². The summed E-state index contributed by atoms with van der Waals surface area (Å²) in [5.41, 5.74) is 21.9. The highest BCUT2D eigenvalue weighted by Crippen LogP contribution is 2.37. The third-order valence-electron chi connectivity index (χ3n) is 16.7. The first-order valence-corrected chi connectivity index (χ1v) is 32.9. The van der Waals surface area contributed by atoms with Crippen LogP contribution < -0.4 is 0 Å². The second kappa shape index (κ2) is 28.4. The van der Waals surface area contributed by atoms with Crippen LogP contribution in [0.5, 0.6) is 0 Å². The molecule has 0 aliphatic rings. The molecule has 480 valence electrons.